The summed E-state index contributed by atoms with van der Waals surface area (Å²) >= 11 is 2.99. The Kier molecular flexibility index (Phi) is 6.14. The number of carbonyl (C=O) groups is 1. The lowest BCUT2D eigenvalue weighted by Gasteiger charge is -2.10. The number of methoxy groups -OCH3 is 2. The highest BCUT2D eigenvalue weighted by Gasteiger charge is 2.16. The first kappa shape index (κ1) is 20.8. The second-order valence-electron chi connectivity index (χ2n) is 6.29. The van der Waals surface area contributed by atoms with Crippen LogP contribution in [0.2, 0.25) is 0 Å². The van der Waals surface area contributed by atoms with Crippen molar-refractivity contribution < 1.29 is 14.3 Å². The van der Waals surface area contributed by atoms with E-state index in [1.807, 2.05) is 29.6 Å². The standard InChI is InChI=1S/C20H18N6O3S2/c1-28-15-7-8-17(29-2)16(9-15)26-20(23-24-25-26)31-11-14-10-30-19(22-14)13-5-3-12(4-6-13)18(21)27/h3-10H,11H2,1-2H3,(H2,21,27). The molecule has 4 rings (SSSR count). The molecule has 0 saturated carbocycles. The minimum atomic E-state index is -0.451. The first-order valence-electron chi connectivity index (χ1n) is 9.07. The van der Waals surface area contributed by atoms with Gasteiger partial charge < -0.3 is 15.2 Å². The third kappa shape index (κ3) is 4.52. The second kappa shape index (κ2) is 9.14. The van der Waals surface area contributed by atoms with E-state index in [2.05, 4.69) is 20.5 Å². The summed E-state index contributed by atoms with van der Waals surface area (Å²) in [6, 6.07) is 12.5. The summed E-state index contributed by atoms with van der Waals surface area (Å²) in [4.78, 5) is 15.9. The maximum absolute atomic E-state index is 11.2. The topological polar surface area (TPSA) is 118 Å². The zero-order chi connectivity index (χ0) is 21.8. The van der Waals surface area contributed by atoms with Gasteiger partial charge in [-0.25, -0.2) is 4.98 Å². The van der Waals surface area contributed by atoms with Crippen molar-refractivity contribution >= 4 is 29.0 Å². The molecule has 2 N–H and O–H groups in total. The van der Waals surface area contributed by atoms with Crippen LogP contribution in [0.3, 0.4) is 0 Å². The van der Waals surface area contributed by atoms with Crippen molar-refractivity contribution in [2.75, 3.05) is 14.2 Å². The SMILES string of the molecule is COc1ccc(OC)c(-n2nnnc2SCc2csc(-c3ccc(C(N)=O)cc3)n2)c1. The molecule has 0 unspecified atom stereocenters. The van der Waals surface area contributed by atoms with Gasteiger partial charge in [0.15, 0.2) is 0 Å². The molecular formula is C20H18N6O3S2. The number of nitrogens with two attached hydrogens (primary N) is 1. The Hall–Kier alpha value is -3.44. The lowest BCUT2D eigenvalue weighted by Crippen LogP contribution is -2.10. The van der Waals surface area contributed by atoms with E-state index in [-0.39, 0.29) is 0 Å². The van der Waals surface area contributed by atoms with Gasteiger partial charge in [0.2, 0.25) is 11.1 Å². The molecule has 0 bridgehead atoms. The number of rotatable bonds is 8. The van der Waals surface area contributed by atoms with E-state index in [1.54, 1.807) is 37.1 Å². The number of benzene rings is 2. The third-order valence-electron chi connectivity index (χ3n) is 4.37. The predicted molar refractivity (Wildman–Crippen MR) is 118 cm³/mol. The molecule has 0 aliphatic carbocycles. The van der Waals surface area contributed by atoms with Gasteiger partial charge in [0.05, 0.1) is 19.9 Å². The summed E-state index contributed by atoms with van der Waals surface area (Å²) < 4.78 is 12.4. The highest BCUT2D eigenvalue weighted by atomic mass is 32.2. The van der Waals surface area contributed by atoms with Crippen molar-refractivity contribution in [2.45, 2.75) is 10.9 Å². The molecule has 2 aromatic heterocycles. The number of thiazole rings is 1. The molecule has 0 atom stereocenters. The van der Waals surface area contributed by atoms with Crippen molar-refractivity contribution in [3.8, 4) is 27.8 Å². The highest BCUT2D eigenvalue weighted by molar-refractivity contribution is 7.98. The predicted octanol–water partition coefficient (Wildman–Crippen LogP) is 3.19. The first-order valence-corrected chi connectivity index (χ1v) is 10.9. The third-order valence-corrected chi connectivity index (χ3v) is 6.27. The molecule has 0 radical (unpaired) electrons. The highest BCUT2D eigenvalue weighted by Crippen LogP contribution is 2.31. The van der Waals surface area contributed by atoms with E-state index in [0.717, 1.165) is 16.3 Å². The van der Waals surface area contributed by atoms with E-state index >= 15 is 0 Å². The molecule has 1 amide bonds. The van der Waals surface area contributed by atoms with Crippen molar-refractivity contribution in [3.63, 3.8) is 0 Å². The maximum atomic E-state index is 11.2. The van der Waals surface area contributed by atoms with E-state index in [0.29, 0.717) is 33.7 Å². The summed E-state index contributed by atoms with van der Waals surface area (Å²) in [5.41, 5.74) is 8.27. The van der Waals surface area contributed by atoms with Gasteiger partial charge in [0.25, 0.3) is 0 Å². The van der Waals surface area contributed by atoms with Gasteiger partial charge in [-0.2, -0.15) is 4.68 Å². The number of carbonyl (C=O) groups excluding carboxylic acids is 1. The Bertz CT molecular complexity index is 1210. The smallest absolute Gasteiger partial charge is 0.248 e. The minimum absolute atomic E-state index is 0.451. The molecule has 31 heavy (non-hydrogen) atoms. The first-order chi connectivity index (χ1) is 15.1. The van der Waals surface area contributed by atoms with Crippen molar-refractivity contribution in [2.24, 2.45) is 5.73 Å². The van der Waals surface area contributed by atoms with Gasteiger partial charge in [0.1, 0.15) is 22.2 Å². The number of aromatic nitrogens is 5. The number of tetrazole rings is 1. The van der Waals surface area contributed by atoms with E-state index < -0.39 is 5.91 Å². The monoisotopic (exact) mass is 454 g/mol. The Morgan fingerprint density at radius 3 is 2.68 bits per heavy atom. The second-order valence-corrected chi connectivity index (χ2v) is 8.09. The molecule has 0 aliphatic rings. The molecule has 11 heteroatoms. The lowest BCUT2D eigenvalue weighted by atomic mass is 10.1. The largest absolute Gasteiger partial charge is 0.497 e. The van der Waals surface area contributed by atoms with Crippen LogP contribution in [-0.2, 0) is 5.75 Å². The molecule has 2 heterocycles. The summed E-state index contributed by atoms with van der Waals surface area (Å²) in [5.74, 6) is 1.44. The van der Waals surface area contributed by atoms with Gasteiger partial charge >= 0.3 is 0 Å². The molecule has 2 aromatic carbocycles. The van der Waals surface area contributed by atoms with Crippen LogP contribution >= 0.6 is 23.1 Å². The fraction of sp³-hybridized carbons (Fsp3) is 0.150. The quantitative estimate of drug-likeness (QED) is 0.403. The van der Waals surface area contributed by atoms with Crippen molar-refractivity contribution in [1.82, 2.24) is 25.2 Å². The summed E-state index contributed by atoms with van der Waals surface area (Å²) in [6.07, 6.45) is 0. The van der Waals surface area contributed by atoms with Crippen molar-refractivity contribution in [3.05, 3.63) is 59.1 Å². The fourth-order valence-corrected chi connectivity index (χ4v) is 4.51. The number of hydrogen-bond donors (Lipinski definition) is 1. The van der Waals surface area contributed by atoms with Crippen LogP contribution in [0.5, 0.6) is 11.5 Å². The number of primary amides is 1. The number of nitrogens with zero attached hydrogens (tertiary/aromatic N) is 5. The summed E-state index contributed by atoms with van der Waals surface area (Å²) in [6.45, 7) is 0. The Labute approximate surface area is 186 Å². The molecule has 4 aromatic rings. The Balaban J connectivity index is 1.51. The van der Waals surface area contributed by atoms with Crippen LogP contribution in [0.15, 0.2) is 53.0 Å². The molecule has 0 fully saturated rings. The van der Waals surface area contributed by atoms with Crippen LogP contribution in [0.4, 0.5) is 0 Å². The normalized spacial score (nSPS) is 10.8. The minimum Gasteiger partial charge on any atom is -0.497 e. The number of hydrogen-bond acceptors (Lipinski definition) is 9. The van der Waals surface area contributed by atoms with Crippen LogP contribution in [0.1, 0.15) is 16.1 Å². The molecule has 0 spiro atoms. The zero-order valence-corrected chi connectivity index (χ0v) is 18.3. The number of amides is 1. The van der Waals surface area contributed by atoms with Crippen LogP contribution in [-0.4, -0.2) is 45.3 Å². The lowest BCUT2D eigenvalue weighted by molar-refractivity contribution is 0.100. The average molecular weight is 455 g/mol. The number of ether oxygens (including phenoxy) is 2. The van der Waals surface area contributed by atoms with Crippen molar-refractivity contribution in [1.29, 1.82) is 0 Å². The fourth-order valence-electron chi connectivity index (χ4n) is 2.80. The molecule has 158 valence electrons. The average Bonchev–Trinajstić information content (AvgIpc) is 3.46. The van der Waals surface area contributed by atoms with E-state index in [4.69, 9.17) is 15.2 Å². The van der Waals surface area contributed by atoms with Gasteiger partial charge in [-0.15, -0.1) is 16.4 Å². The summed E-state index contributed by atoms with van der Waals surface area (Å²) in [5, 5.41) is 15.5. The van der Waals surface area contributed by atoms with Gasteiger partial charge in [-0.3, -0.25) is 4.79 Å². The van der Waals surface area contributed by atoms with Gasteiger partial charge in [-0.1, -0.05) is 23.9 Å². The number of thioether (sulfide) groups is 1. The van der Waals surface area contributed by atoms with E-state index in [1.165, 1.54) is 23.1 Å². The summed E-state index contributed by atoms with van der Waals surface area (Å²) in [7, 11) is 3.19. The Morgan fingerprint density at radius 1 is 1.16 bits per heavy atom. The van der Waals surface area contributed by atoms with Crippen LogP contribution in [0.25, 0.3) is 16.3 Å². The molecule has 9 nitrogen and oxygen atoms in total. The van der Waals surface area contributed by atoms with Crippen LogP contribution in [0, 0.1) is 0 Å². The molecule has 0 saturated heterocycles. The van der Waals surface area contributed by atoms with E-state index in [9.17, 15) is 4.79 Å². The maximum Gasteiger partial charge on any atom is 0.248 e. The van der Waals surface area contributed by atoms with Gasteiger partial charge in [0, 0.05) is 28.3 Å². The molecular weight excluding hydrogens is 436 g/mol. The Morgan fingerprint density at radius 2 is 1.97 bits per heavy atom. The van der Waals surface area contributed by atoms with Crippen LogP contribution < -0.4 is 15.2 Å². The van der Waals surface area contributed by atoms with Gasteiger partial charge in [-0.05, 0) is 34.7 Å². The zero-order valence-electron chi connectivity index (χ0n) is 16.7. The molecule has 0 aliphatic heterocycles.